The zero-order valence-electron chi connectivity index (χ0n) is 23.1. The molecule has 43 heavy (non-hydrogen) atoms. The lowest BCUT2D eigenvalue weighted by Gasteiger charge is -2.37. The van der Waals surface area contributed by atoms with E-state index in [2.05, 4.69) is 90.9 Å². The zero-order chi connectivity index (χ0) is 28.9. The molecule has 1 atom stereocenters. The Morgan fingerprint density at radius 2 is 1.30 bits per heavy atom. The average molecular weight is 579 g/mol. The summed E-state index contributed by atoms with van der Waals surface area (Å²) >= 11 is 0. The lowest BCUT2D eigenvalue weighted by Crippen LogP contribution is -2.47. The molecule has 4 heterocycles. The summed E-state index contributed by atoms with van der Waals surface area (Å²) in [5, 5.41) is 16.4. The van der Waals surface area contributed by atoms with E-state index in [1.807, 2.05) is 24.5 Å². The van der Waals surface area contributed by atoms with Crippen LogP contribution in [0.3, 0.4) is 0 Å². The summed E-state index contributed by atoms with van der Waals surface area (Å²) < 4.78 is 38.7. The number of H-pyrrole nitrogens is 2. The summed E-state index contributed by atoms with van der Waals surface area (Å²) in [4.78, 5) is 4.28. The van der Waals surface area contributed by atoms with Crippen LogP contribution >= 0.6 is 0 Å². The predicted octanol–water partition coefficient (Wildman–Crippen LogP) is 6.98. The molecule has 4 aromatic carbocycles. The minimum absolute atomic E-state index is 0.215. The van der Waals surface area contributed by atoms with Crippen LogP contribution in [0.2, 0.25) is 0 Å². The number of hydrogen-bond acceptors (Lipinski definition) is 6. The second-order valence-corrected chi connectivity index (χ2v) is 11.0. The molecule has 2 aliphatic heterocycles. The molecule has 8 rings (SSSR count). The van der Waals surface area contributed by atoms with Gasteiger partial charge in [0.2, 0.25) is 0 Å². The number of hydrogen-bond donors (Lipinski definition) is 2. The van der Waals surface area contributed by atoms with E-state index < -0.39 is 12.5 Å². The van der Waals surface area contributed by atoms with Crippen LogP contribution in [0.1, 0.15) is 0 Å². The van der Waals surface area contributed by atoms with E-state index in [-0.39, 0.29) is 6.54 Å². The van der Waals surface area contributed by atoms with Crippen molar-refractivity contribution in [3.63, 3.8) is 0 Å². The van der Waals surface area contributed by atoms with Gasteiger partial charge in [0.25, 0.3) is 6.43 Å². The first kappa shape index (κ1) is 25.9. The number of aromatic amines is 2. The van der Waals surface area contributed by atoms with Crippen molar-refractivity contribution in [2.24, 2.45) is 0 Å². The second-order valence-electron chi connectivity index (χ2n) is 11.0. The zero-order valence-corrected chi connectivity index (χ0v) is 23.1. The number of halogens is 2. The lowest BCUT2D eigenvalue weighted by atomic mass is 10.0. The molecule has 0 amide bonds. The van der Waals surface area contributed by atoms with Crippen LogP contribution in [-0.4, -0.2) is 70.6 Å². The average Bonchev–Trinajstić information content (AvgIpc) is 3.71. The summed E-state index contributed by atoms with van der Waals surface area (Å²) in [5.41, 5.74) is 8.02. The molecular formula is C33H28F2N6O2. The lowest BCUT2D eigenvalue weighted by molar-refractivity contribution is -0.101. The normalized spacial score (nSPS) is 16.9. The van der Waals surface area contributed by atoms with Gasteiger partial charge in [0.05, 0.1) is 41.4 Å². The smallest absolute Gasteiger partial charge is 0.265 e. The Hall–Kier alpha value is -4.80. The van der Waals surface area contributed by atoms with E-state index in [9.17, 15) is 8.78 Å². The fourth-order valence-corrected chi connectivity index (χ4v) is 6.06. The Kier molecular flexibility index (Phi) is 6.31. The maximum Gasteiger partial charge on any atom is 0.265 e. The molecule has 10 heteroatoms. The van der Waals surface area contributed by atoms with E-state index in [0.717, 1.165) is 66.9 Å². The molecule has 1 fully saturated rings. The van der Waals surface area contributed by atoms with Crippen molar-refractivity contribution in [2.45, 2.75) is 12.5 Å². The molecule has 0 bridgehead atoms. The molecule has 0 spiro atoms. The molecule has 0 radical (unpaired) electrons. The second kappa shape index (κ2) is 10.5. The van der Waals surface area contributed by atoms with Crippen molar-refractivity contribution in [1.82, 2.24) is 25.3 Å². The SMILES string of the molecule is FC(F)C1CN(CCN2c3ccc(-c4ccc5[nH]ncc5c4)cc3Oc3cc(-c4ccc5[nH]ncc5c4)ccc32)CCO1. The molecule has 216 valence electrons. The van der Waals surface area contributed by atoms with Crippen molar-refractivity contribution < 1.29 is 18.3 Å². The topological polar surface area (TPSA) is 82.3 Å². The van der Waals surface area contributed by atoms with Gasteiger partial charge in [0, 0.05) is 37.0 Å². The largest absolute Gasteiger partial charge is 0.453 e. The number of nitrogens with zero attached hydrogens (tertiary/aromatic N) is 4. The highest BCUT2D eigenvalue weighted by molar-refractivity contribution is 5.88. The van der Waals surface area contributed by atoms with Crippen LogP contribution in [0.15, 0.2) is 85.2 Å². The molecule has 2 N–H and O–H groups in total. The fraction of sp³-hybridized carbons (Fsp3) is 0.212. The monoisotopic (exact) mass is 578 g/mol. The van der Waals surface area contributed by atoms with Crippen molar-refractivity contribution in [2.75, 3.05) is 37.7 Å². The van der Waals surface area contributed by atoms with Gasteiger partial charge in [-0.3, -0.25) is 15.1 Å². The van der Waals surface area contributed by atoms with Gasteiger partial charge in [0.1, 0.15) is 6.10 Å². The van der Waals surface area contributed by atoms with E-state index in [1.165, 1.54) is 0 Å². The van der Waals surface area contributed by atoms with E-state index in [0.29, 0.717) is 26.2 Å². The van der Waals surface area contributed by atoms with Gasteiger partial charge in [-0.05, 0) is 70.8 Å². The van der Waals surface area contributed by atoms with E-state index in [4.69, 9.17) is 9.47 Å². The third-order valence-electron chi connectivity index (χ3n) is 8.37. The summed E-state index contributed by atoms with van der Waals surface area (Å²) in [7, 11) is 0. The number of ether oxygens (including phenoxy) is 2. The van der Waals surface area contributed by atoms with Crippen LogP contribution < -0.4 is 9.64 Å². The number of morpholine rings is 1. The molecule has 0 aliphatic carbocycles. The standard InChI is InChI=1S/C33H28F2N6O2/c34-33(35)32-19-40(11-12-42-32)9-10-41-28-7-3-22(20-1-5-26-24(13-20)17-36-38-26)15-30(28)43-31-16-23(4-8-29(31)41)21-2-6-27-25(14-21)18-37-39-27/h1-8,13-18,32-33H,9-12,19H2,(H,36,38)(H,37,39). The summed E-state index contributed by atoms with van der Waals surface area (Å²) in [6, 6.07) is 24.9. The summed E-state index contributed by atoms with van der Waals surface area (Å²) in [6.07, 6.45) is 0.0896. The van der Waals surface area contributed by atoms with Crippen LogP contribution in [0.25, 0.3) is 44.1 Å². The molecule has 2 aromatic heterocycles. The Morgan fingerprint density at radius 3 is 1.88 bits per heavy atom. The first-order valence-corrected chi connectivity index (χ1v) is 14.3. The Morgan fingerprint density at radius 1 is 0.744 bits per heavy atom. The van der Waals surface area contributed by atoms with Crippen molar-refractivity contribution in [3.8, 4) is 33.8 Å². The Labute approximate surface area is 245 Å². The van der Waals surface area contributed by atoms with Gasteiger partial charge in [-0.2, -0.15) is 10.2 Å². The quantitative estimate of drug-likeness (QED) is 0.222. The van der Waals surface area contributed by atoms with Crippen molar-refractivity contribution in [1.29, 1.82) is 0 Å². The Balaban J connectivity index is 1.15. The van der Waals surface area contributed by atoms with Crippen LogP contribution in [-0.2, 0) is 4.74 Å². The number of anilines is 2. The highest BCUT2D eigenvalue weighted by Gasteiger charge is 2.30. The van der Waals surface area contributed by atoms with Crippen LogP contribution in [0.5, 0.6) is 11.5 Å². The minimum atomic E-state index is -2.49. The van der Waals surface area contributed by atoms with Crippen molar-refractivity contribution >= 4 is 33.2 Å². The minimum Gasteiger partial charge on any atom is -0.453 e. The number of alkyl halides is 2. The van der Waals surface area contributed by atoms with Crippen LogP contribution in [0, 0.1) is 0 Å². The number of rotatable bonds is 6. The van der Waals surface area contributed by atoms with Gasteiger partial charge in [-0.15, -0.1) is 0 Å². The molecule has 6 aromatic rings. The highest BCUT2D eigenvalue weighted by atomic mass is 19.3. The molecule has 1 unspecified atom stereocenters. The van der Waals surface area contributed by atoms with Gasteiger partial charge in [-0.1, -0.05) is 24.3 Å². The predicted molar refractivity (Wildman–Crippen MR) is 162 cm³/mol. The summed E-state index contributed by atoms with van der Waals surface area (Å²) in [6.45, 7) is 2.37. The third-order valence-corrected chi connectivity index (χ3v) is 8.37. The molecule has 8 nitrogen and oxygen atoms in total. The van der Waals surface area contributed by atoms with Gasteiger partial charge in [-0.25, -0.2) is 8.78 Å². The van der Waals surface area contributed by atoms with Crippen LogP contribution in [0.4, 0.5) is 20.2 Å². The Bertz CT molecular complexity index is 1830. The summed E-state index contributed by atoms with van der Waals surface area (Å²) in [5.74, 6) is 1.49. The van der Waals surface area contributed by atoms with E-state index in [1.54, 1.807) is 0 Å². The van der Waals surface area contributed by atoms with Crippen molar-refractivity contribution in [3.05, 3.63) is 85.2 Å². The number of aromatic nitrogens is 4. The van der Waals surface area contributed by atoms with E-state index >= 15 is 0 Å². The molecule has 1 saturated heterocycles. The first-order valence-electron chi connectivity index (χ1n) is 14.3. The number of fused-ring (bicyclic) bond motifs is 4. The maximum absolute atomic E-state index is 13.4. The van der Waals surface area contributed by atoms with Gasteiger partial charge < -0.3 is 14.4 Å². The third kappa shape index (κ3) is 4.78. The van der Waals surface area contributed by atoms with Gasteiger partial charge >= 0.3 is 0 Å². The fourth-order valence-electron chi connectivity index (χ4n) is 6.06. The molecule has 0 saturated carbocycles. The molecule has 2 aliphatic rings. The maximum atomic E-state index is 13.4. The number of nitrogens with one attached hydrogen (secondary N) is 2. The molecular weight excluding hydrogens is 550 g/mol. The highest BCUT2D eigenvalue weighted by Crippen LogP contribution is 2.49. The number of benzene rings is 4. The first-order chi connectivity index (χ1) is 21.1. The van der Waals surface area contributed by atoms with Gasteiger partial charge in [0.15, 0.2) is 11.5 Å².